The van der Waals surface area contributed by atoms with E-state index < -0.39 is 0 Å². The number of furan rings is 1. The molecule has 0 radical (unpaired) electrons. The third-order valence-corrected chi connectivity index (χ3v) is 5.24. The molecule has 1 aliphatic rings. The zero-order valence-corrected chi connectivity index (χ0v) is 14.2. The molecular weight excluding hydrogens is 324 g/mol. The van der Waals surface area contributed by atoms with E-state index in [1.165, 1.54) is 6.26 Å². The summed E-state index contributed by atoms with van der Waals surface area (Å²) in [4.78, 5) is 18.7. The lowest BCUT2D eigenvalue weighted by molar-refractivity contribution is 0.0567. The van der Waals surface area contributed by atoms with Gasteiger partial charge in [0.1, 0.15) is 6.10 Å². The number of thiazole rings is 1. The maximum atomic E-state index is 12.3. The van der Waals surface area contributed by atoms with E-state index in [1.54, 1.807) is 23.5 Å². The van der Waals surface area contributed by atoms with Gasteiger partial charge in [0, 0.05) is 25.9 Å². The monoisotopic (exact) mass is 342 g/mol. The lowest BCUT2D eigenvalue weighted by Crippen LogP contribution is -2.41. The van der Waals surface area contributed by atoms with Gasteiger partial charge in [-0.15, -0.1) is 0 Å². The van der Waals surface area contributed by atoms with E-state index in [-0.39, 0.29) is 12.0 Å². The Morgan fingerprint density at radius 3 is 2.83 bits per heavy atom. The van der Waals surface area contributed by atoms with Crippen LogP contribution < -0.4 is 4.74 Å². The lowest BCUT2D eigenvalue weighted by Gasteiger charge is -2.31. The van der Waals surface area contributed by atoms with Crippen LogP contribution in [0.4, 0.5) is 0 Å². The third kappa shape index (κ3) is 2.89. The zero-order valence-electron chi connectivity index (χ0n) is 13.4. The maximum Gasteiger partial charge on any atom is 0.289 e. The Kier molecular flexibility index (Phi) is 3.98. The van der Waals surface area contributed by atoms with Crippen molar-refractivity contribution < 1.29 is 13.9 Å². The van der Waals surface area contributed by atoms with Gasteiger partial charge < -0.3 is 14.1 Å². The molecule has 0 N–H and O–H groups in total. The molecule has 1 aliphatic heterocycles. The Morgan fingerprint density at radius 1 is 1.29 bits per heavy atom. The van der Waals surface area contributed by atoms with Gasteiger partial charge in [0.15, 0.2) is 5.76 Å². The van der Waals surface area contributed by atoms with Gasteiger partial charge in [-0.05, 0) is 30.7 Å². The fourth-order valence-electron chi connectivity index (χ4n) is 2.99. The van der Waals surface area contributed by atoms with Crippen molar-refractivity contribution in [1.29, 1.82) is 0 Å². The minimum absolute atomic E-state index is 0.0472. The van der Waals surface area contributed by atoms with E-state index in [2.05, 4.69) is 24.0 Å². The Bertz CT molecular complexity index is 848. The summed E-state index contributed by atoms with van der Waals surface area (Å²) in [5.41, 5.74) is 2.18. The van der Waals surface area contributed by atoms with Gasteiger partial charge in [-0.2, -0.15) is 0 Å². The number of para-hydroxylation sites is 1. The van der Waals surface area contributed by atoms with Crippen molar-refractivity contribution >= 4 is 27.5 Å². The standard InChI is InChI=1S/C18H18N2O3S/c1-12-4-2-6-15-16(12)19-18(24-15)23-13-7-9-20(10-8-13)17(21)14-5-3-11-22-14/h2-6,11,13H,7-10H2,1H3. The molecule has 6 heteroatoms. The lowest BCUT2D eigenvalue weighted by atomic mass is 10.1. The molecule has 1 saturated heterocycles. The highest BCUT2D eigenvalue weighted by Gasteiger charge is 2.26. The number of aryl methyl sites for hydroxylation is 1. The minimum atomic E-state index is -0.0472. The van der Waals surface area contributed by atoms with Gasteiger partial charge in [-0.1, -0.05) is 23.5 Å². The molecule has 0 unspecified atom stereocenters. The zero-order chi connectivity index (χ0) is 16.5. The molecule has 0 spiro atoms. The number of rotatable bonds is 3. The summed E-state index contributed by atoms with van der Waals surface area (Å²) in [5, 5.41) is 0.718. The van der Waals surface area contributed by atoms with Crippen LogP contribution in [0.15, 0.2) is 41.0 Å². The first kappa shape index (κ1) is 15.2. The molecule has 1 aromatic carbocycles. The van der Waals surface area contributed by atoms with Crippen molar-refractivity contribution in [3.8, 4) is 5.19 Å². The van der Waals surface area contributed by atoms with E-state index in [0.29, 0.717) is 18.8 Å². The minimum Gasteiger partial charge on any atom is -0.467 e. The Balaban J connectivity index is 1.39. The number of ether oxygens (including phenoxy) is 1. The predicted octanol–water partition coefficient (Wildman–Crippen LogP) is 3.88. The van der Waals surface area contributed by atoms with Gasteiger partial charge in [0.05, 0.1) is 16.5 Å². The fraction of sp³-hybridized carbons (Fsp3) is 0.333. The Labute approximate surface area is 143 Å². The van der Waals surface area contributed by atoms with Crippen LogP contribution in [-0.4, -0.2) is 35.0 Å². The molecule has 3 aromatic rings. The average Bonchev–Trinajstić information content (AvgIpc) is 3.25. The van der Waals surface area contributed by atoms with Gasteiger partial charge in [-0.25, -0.2) is 4.98 Å². The second kappa shape index (κ2) is 6.28. The number of hydrogen-bond acceptors (Lipinski definition) is 5. The smallest absolute Gasteiger partial charge is 0.289 e. The van der Waals surface area contributed by atoms with Gasteiger partial charge in [0.25, 0.3) is 11.1 Å². The topological polar surface area (TPSA) is 55.6 Å². The summed E-state index contributed by atoms with van der Waals surface area (Å²) in [5.74, 6) is 0.352. The van der Waals surface area contributed by atoms with E-state index in [4.69, 9.17) is 9.15 Å². The number of carbonyl (C=O) groups is 1. The van der Waals surface area contributed by atoms with Crippen LogP contribution in [0.1, 0.15) is 29.0 Å². The van der Waals surface area contributed by atoms with Gasteiger partial charge >= 0.3 is 0 Å². The molecule has 0 saturated carbocycles. The largest absolute Gasteiger partial charge is 0.467 e. The molecular formula is C18H18N2O3S. The highest BCUT2D eigenvalue weighted by atomic mass is 32.1. The van der Waals surface area contributed by atoms with Crippen molar-refractivity contribution in [3.05, 3.63) is 47.9 Å². The van der Waals surface area contributed by atoms with E-state index >= 15 is 0 Å². The number of likely N-dealkylation sites (tertiary alicyclic amines) is 1. The first-order valence-electron chi connectivity index (χ1n) is 8.06. The summed E-state index contributed by atoms with van der Waals surface area (Å²) < 4.78 is 12.4. The van der Waals surface area contributed by atoms with E-state index in [0.717, 1.165) is 33.8 Å². The maximum absolute atomic E-state index is 12.3. The Morgan fingerprint density at radius 2 is 2.12 bits per heavy atom. The number of piperidine rings is 1. The molecule has 124 valence electrons. The van der Waals surface area contributed by atoms with E-state index in [1.807, 2.05) is 11.0 Å². The van der Waals surface area contributed by atoms with Crippen LogP contribution in [0.25, 0.3) is 10.2 Å². The summed E-state index contributed by atoms with van der Waals surface area (Å²) in [6, 6.07) is 9.60. The number of carbonyl (C=O) groups excluding carboxylic acids is 1. The molecule has 4 rings (SSSR count). The molecule has 0 atom stereocenters. The van der Waals surface area contributed by atoms with Crippen molar-refractivity contribution in [3.63, 3.8) is 0 Å². The quantitative estimate of drug-likeness (QED) is 0.725. The Hall–Kier alpha value is -2.34. The van der Waals surface area contributed by atoms with Crippen LogP contribution in [0.2, 0.25) is 0 Å². The SMILES string of the molecule is Cc1cccc2sc(OC3CCN(C(=O)c4ccco4)CC3)nc12. The second-order valence-corrected chi connectivity index (χ2v) is 6.98. The molecule has 3 heterocycles. The second-order valence-electron chi connectivity index (χ2n) is 5.99. The third-order valence-electron chi connectivity index (χ3n) is 4.33. The highest BCUT2D eigenvalue weighted by Crippen LogP contribution is 2.31. The van der Waals surface area contributed by atoms with Crippen LogP contribution in [0, 0.1) is 6.92 Å². The molecule has 1 fully saturated rings. The molecule has 1 amide bonds. The van der Waals surface area contributed by atoms with Crippen LogP contribution in [0.5, 0.6) is 5.19 Å². The van der Waals surface area contributed by atoms with Crippen LogP contribution >= 0.6 is 11.3 Å². The first-order chi connectivity index (χ1) is 11.7. The number of hydrogen-bond donors (Lipinski definition) is 0. The first-order valence-corrected chi connectivity index (χ1v) is 8.88. The average molecular weight is 342 g/mol. The number of fused-ring (bicyclic) bond motifs is 1. The number of nitrogens with zero attached hydrogens (tertiary/aromatic N) is 2. The van der Waals surface area contributed by atoms with Gasteiger partial charge in [0.2, 0.25) is 0 Å². The van der Waals surface area contributed by atoms with Gasteiger partial charge in [-0.3, -0.25) is 4.79 Å². The number of amides is 1. The summed E-state index contributed by atoms with van der Waals surface area (Å²) in [6.45, 7) is 3.41. The van der Waals surface area contributed by atoms with Crippen molar-refractivity contribution in [2.24, 2.45) is 0 Å². The predicted molar refractivity (Wildman–Crippen MR) is 92.6 cm³/mol. The summed E-state index contributed by atoms with van der Waals surface area (Å²) in [6.07, 6.45) is 3.24. The summed E-state index contributed by atoms with van der Waals surface area (Å²) in [7, 11) is 0. The molecule has 5 nitrogen and oxygen atoms in total. The number of aromatic nitrogens is 1. The van der Waals surface area contributed by atoms with Crippen molar-refractivity contribution in [1.82, 2.24) is 9.88 Å². The van der Waals surface area contributed by atoms with Crippen LogP contribution in [-0.2, 0) is 0 Å². The molecule has 2 aromatic heterocycles. The highest BCUT2D eigenvalue weighted by molar-refractivity contribution is 7.20. The summed E-state index contributed by atoms with van der Waals surface area (Å²) >= 11 is 1.58. The molecule has 24 heavy (non-hydrogen) atoms. The van der Waals surface area contributed by atoms with Crippen molar-refractivity contribution in [2.75, 3.05) is 13.1 Å². The van der Waals surface area contributed by atoms with Crippen LogP contribution in [0.3, 0.4) is 0 Å². The fourth-order valence-corrected chi connectivity index (χ4v) is 3.95. The molecule has 0 bridgehead atoms. The number of benzene rings is 1. The molecule has 0 aliphatic carbocycles. The normalized spacial score (nSPS) is 15.8. The van der Waals surface area contributed by atoms with Crippen molar-refractivity contribution in [2.45, 2.75) is 25.9 Å². The van der Waals surface area contributed by atoms with E-state index in [9.17, 15) is 4.79 Å².